The minimum absolute atomic E-state index is 0.0536. The first-order chi connectivity index (χ1) is 10.6. The maximum Gasteiger partial charge on any atom is 0.163 e. The summed E-state index contributed by atoms with van der Waals surface area (Å²) in [6, 6.07) is 6.59. The van der Waals surface area contributed by atoms with E-state index in [0.717, 1.165) is 5.56 Å². The molecule has 1 fully saturated rings. The summed E-state index contributed by atoms with van der Waals surface area (Å²) in [5.41, 5.74) is 0.737. The van der Waals surface area contributed by atoms with E-state index in [1.807, 2.05) is 12.1 Å². The van der Waals surface area contributed by atoms with Crippen molar-refractivity contribution in [2.24, 2.45) is 5.41 Å². The van der Waals surface area contributed by atoms with Crippen LogP contribution >= 0.6 is 0 Å². The number of rotatable bonds is 5. The van der Waals surface area contributed by atoms with E-state index in [2.05, 4.69) is 23.9 Å². The molecule has 1 atom stereocenters. The van der Waals surface area contributed by atoms with Gasteiger partial charge in [0.15, 0.2) is 6.29 Å². The van der Waals surface area contributed by atoms with E-state index < -0.39 is 0 Å². The molecule has 1 unspecified atom stereocenters. The molecule has 0 radical (unpaired) electrons. The Bertz CT molecular complexity index is 592. The first-order valence-corrected chi connectivity index (χ1v) is 7.38. The van der Waals surface area contributed by atoms with E-state index in [-0.39, 0.29) is 23.4 Å². The lowest BCUT2D eigenvalue weighted by atomic mass is 9.74. The molecule has 2 aromatic rings. The van der Waals surface area contributed by atoms with E-state index in [1.54, 1.807) is 11.0 Å². The van der Waals surface area contributed by atoms with Gasteiger partial charge in [-0.05, 0) is 17.7 Å². The third kappa shape index (κ3) is 3.03. The van der Waals surface area contributed by atoms with E-state index in [9.17, 15) is 4.39 Å². The molecule has 1 aliphatic heterocycles. The van der Waals surface area contributed by atoms with Gasteiger partial charge in [-0.1, -0.05) is 26.0 Å². The number of hydrogen-bond donors (Lipinski definition) is 0. The summed E-state index contributed by atoms with van der Waals surface area (Å²) in [6.07, 6.45) is 2.91. The van der Waals surface area contributed by atoms with Gasteiger partial charge in [-0.2, -0.15) is 5.10 Å². The lowest BCUT2D eigenvalue weighted by molar-refractivity contribution is -0.131. The van der Waals surface area contributed by atoms with Crippen molar-refractivity contribution in [1.82, 2.24) is 14.8 Å². The van der Waals surface area contributed by atoms with Gasteiger partial charge >= 0.3 is 0 Å². The predicted molar refractivity (Wildman–Crippen MR) is 78.6 cm³/mol. The molecule has 5 nitrogen and oxygen atoms in total. The topological polar surface area (TPSA) is 49.2 Å². The quantitative estimate of drug-likeness (QED) is 0.852. The van der Waals surface area contributed by atoms with Gasteiger partial charge in [0.1, 0.15) is 18.5 Å². The standard InChI is InChI=1S/C16H20FN3O2/c1-16(2,15-21-7-8-22-15)14(9-20-11-18-10-19-20)12-3-5-13(17)6-4-12/h3-6,10-11,14-15H,7-9H2,1-2H3. The number of halogens is 1. The van der Waals surface area contributed by atoms with Crippen molar-refractivity contribution in [3.05, 3.63) is 48.3 Å². The first kappa shape index (κ1) is 15.1. The summed E-state index contributed by atoms with van der Waals surface area (Å²) in [4.78, 5) is 3.99. The maximum absolute atomic E-state index is 13.2. The van der Waals surface area contributed by atoms with Crippen LogP contribution in [0.3, 0.4) is 0 Å². The first-order valence-electron chi connectivity index (χ1n) is 7.38. The Morgan fingerprint density at radius 3 is 2.55 bits per heavy atom. The Kier molecular flexibility index (Phi) is 4.22. The van der Waals surface area contributed by atoms with Gasteiger partial charge in [0.2, 0.25) is 0 Å². The molecule has 0 N–H and O–H groups in total. The molecule has 1 aromatic carbocycles. The molecule has 2 heterocycles. The molecule has 1 saturated heterocycles. The largest absolute Gasteiger partial charge is 0.350 e. The number of aromatic nitrogens is 3. The molecule has 22 heavy (non-hydrogen) atoms. The zero-order valence-corrected chi connectivity index (χ0v) is 12.8. The minimum Gasteiger partial charge on any atom is -0.350 e. The van der Waals surface area contributed by atoms with E-state index in [1.165, 1.54) is 18.5 Å². The number of ether oxygens (including phenoxy) is 2. The predicted octanol–water partition coefficient (Wildman–Crippen LogP) is 2.60. The van der Waals surface area contributed by atoms with E-state index >= 15 is 0 Å². The van der Waals surface area contributed by atoms with Gasteiger partial charge in [-0.3, -0.25) is 4.68 Å². The van der Waals surface area contributed by atoms with Crippen LogP contribution in [0.1, 0.15) is 25.3 Å². The monoisotopic (exact) mass is 305 g/mol. The van der Waals surface area contributed by atoms with Gasteiger partial charge in [-0.25, -0.2) is 9.37 Å². The van der Waals surface area contributed by atoms with Crippen LogP contribution in [0.2, 0.25) is 0 Å². The van der Waals surface area contributed by atoms with Gasteiger partial charge in [0.25, 0.3) is 0 Å². The van der Waals surface area contributed by atoms with Gasteiger partial charge in [-0.15, -0.1) is 0 Å². The zero-order chi connectivity index (χ0) is 15.6. The Morgan fingerprint density at radius 2 is 1.95 bits per heavy atom. The van der Waals surface area contributed by atoms with Crippen molar-refractivity contribution < 1.29 is 13.9 Å². The Morgan fingerprint density at radius 1 is 1.27 bits per heavy atom. The van der Waals surface area contributed by atoms with Crippen LogP contribution in [-0.4, -0.2) is 34.3 Å². The van der Waals surface area contributed by atoms with Gasteiger partial charge < -0.3 is 9.47 Å². The van der Waals surface area contributed by atoms with Crippen molar-refractivity contribution >= 4 is 0 Å². The van der Waals surface area contributed by atoms with Crippen LogP contribution in [0.25, 0.3) is 0 Å². The maximum atomic E-state index is 13.2. The molecule has 1 aromatic heterocycles. The van der Waals surface area contributed by atoms with Crippen LogP contribution in [0, 0.1) is 11.2 Å². The van der Waals surface area contributed by atoms with Gasteiger partial charge in [0.05, 0.1) is 19.8 Å². The summed E-state index contributed by atoms with van der Waals surface area (Å²) in [5.74, 6) is -0.188. The normalized spacial score (nSPS) is 17.8. The summed E-state index contributed by atoms with van der Waals surface area (Å²) in [7, 11) is 0. The molecule has 0 saturated carbocycles. The lowest BCUT2D eigenvalue weighted by Gasteiger charge is -2.38. The summed E-state index contributed by atoms with van der Waals surface area (Å²) < 4.78 is 26.5. The molecular formula is C16H20FN3O2. The van der Waals surface area contributed by atoms with Crippen molar-refractivity contribution in [3.63, 3.8) is 0 Å². The molecule has 0 aliphatic carbocycles. The lowest BCUT2D eigenvalue weighted by Crippen LogP contribution is -2.38. The smallest absolute Gasteiger partial charge is 0.163 e. The molecule has 118 valence electrons. The number of nitrogens with zero attached hydrogens (tertiary/aromatic N) is 3. The molecule has 1 aliphatic rings. The summed E-state index contributed by atoms with van der Waals surface area (Å²) in [5, 5.41) is 4.19. The molecule has 0 spiro atoms. The summed E-state index contributed by atoms with van der Waals surface area (Å²) >= 11 is 0. The fraction of sp³-hybridized carbons (Fsp3) is 0.500. The molecule has 0 bridgehead atoms. The van der Waals surface area contributed by atoms with Crippen LogP contribution < -0.4 is 0 Å². The SMILES string of the molecule is CC(C)(C1OCCO1)C(Cn1cncn1)c1ccc(F)cc1. The highest BCUT2D eigenvalue weighted by molar-refractivity contribution is 5.23. The van der Waals surface area contributed by atoms with Crippen LogP contribution in [0.4, 0.5) is 4.39 Å². The Labute approximate surface area is 129 Å². The molecular weight excluding hydrogens is 285 g/mol. The fourth-order valence-corrected chi connectivity index (χ4v) is 2.93. The van der Waals surface area contributed by atoms with Gasteiger partial charge in [0, 0.05) is 11.3 Å². The second kappa shape index (κ2) is 6.14. The second-order valence-corrected chi connectivity index (χ2v) is 6.12. The van der Waals surface area contributed by atoms with Crippen LogP contribution in [-0.2, 0) is 16.0 Å². The van der Waals surface area contributed by atoms with Crippen molar-refractivity contribution in [3.8, 4) is 0 Å². The average Bonchev–Trinajstić information content (AvgIpc) is 3.19. The van der Waals surface area contributed by atoms with Crippen molar-refractivity contribution in [1.29, 1.82) is 0 Å². The third-order valence-corrected chi connectivity index (χ3v) is 4.24. The van der Waals surface area contributed by atoms with Crippen LogP contribution in [0.15, 0.2) is 36.9 Å². The zero-order valence-electron chi connectivity index (χ0n) is 12.8. The van der Waals surface area contributed by atoms with Crippen LogP contribution in [0.5, 0.6) is 0 Å². The van der Waals surface area contributed by atoms with E-state index in [0.29, 0.717) is 19.8 Å². The van der Waals surface area contributed by atoms with E-state index in [4.69, 9.17) is 9.47 Å². The molecule has 0 amide bonds. The highest BCUT2D eigenvalue weighted by Gasteiger charge is 2.42. The second-order valence-electron chi connectivity index (χ2n) is 6.12. The Hall–Kier alpha value is -1.79. The Balaban J connectivity index is 1.92. The highest BCUT2D eigenvalue weighted by atomic mass is 19.1. The number of benzene rings is 1. The fourth-order valence-electron chi connectivity index (χ4n) is 2.93. The molecule has 6 heteroatoms. The third-order valence-electron chi connectivity index (χ3n) is 4.24. The average molecular weight is 305 g/mol. The number of hydrogen-bond acceptors (Lipinski definition) is 4. The van der Waals surface area contributed by atoms with Crippen molar-refractivity contribution in [2.75, 3.05) is 13.2 Å². The molecule has 3 rings (SSSR count). The highest BCUT2D eigenvalue weighted by Crippen LogP contribution is 2.42. The summed E-state index contributed by atoms with van der Waals surface area (Å²) in [6.45, 7) is 6.05. The van der Waals surface area contributed by atoms with Crippen molar-refractivity contribution in [2.45, 2.75) is 32.6 Å². The minimum atomic E-state index is -0.291.